The van der Waals surface area contributed by atoms with Crippen molar-refractivity contribution in [3.63, 3.8) is 0 Å². The fourth-order valence-corrected chi connectivity index (χ4v) is 6.81. The predicted molar refractivity (Wildman–Crippen MR) is 172 cm³/mol. The molecule has 0 aliphatic carbocycles. The monoisotopic (exact) mass is 585 g/mol. The number of carbonyl (C=O) groups is 1. The number of rotatable bonds is 15. The largest absolute Gasteiger partial charge is 0.355 e. The summed E-state index contributed by atoms with van der Waals surface area (Å²) in [4.78, 5) is 33.6. The van der Waals surface area contributed by atoms with E-state index in [1.54, 1.807) is 9.47 Å². The molecular formula is C31H47N5O2S2. The minimum absolute atomic E-state index is 0.0681. The van der Waals surface area contributed by atoms with Gasteiger partial charge in [-0.2, -0.15) is 5.26 Å². The normalized spacial score (nSPS) is 17.3. The number of piperazine rings is 1. The van der Waals surface area contributed by atoms with Crippen LogP contribution in [0, 0.1) is 18.3 Å². The topological polar surface area (TPSA) is 72.6 Å². The van der Waals surface area contributed by atoms with Crippen LogP contribution in [0.4, 0.5) is 5.82 Å². The minimum Gasteiger partial charge on any atom is -0.355 e. The van der Waals surface area contributed by atoms with E-state index >= 15 is 0 Å². The Morgan fingerprint density at radius 1 is 0.900 bits per heavy atom. The van der Waals surface area contributed by atoms with Gasteiger partial charge in [0.05, 0.1) is 4.91 Å². The molecule has 2 fully saturated rings. The third-order valence-electron chi connectivity index (χ3n) is 7.98. The van der Waals surface area contributed by atoms with Crippen molar-refractivity contribution in [2.24, 2.45) is 0 Å². The van der Waals surface area contributed by atoms with Crippen molar-refractivity contribution in [1.29, 1.82) is 5.26 Å². The average Bonchev–Trinajstić information content (AvgIpc) is 3.20. The summed E-state index contributed by atoms with van der Waals surface area (Å²) in [5.74, 6) is 0.748. The Morgan fingerprint density at radius 3 is 2.08 bits per heavy atom. The van der Waals surface area contributed by atoms with E-state index in [9.17, 15) is 14.9 Å². The van der Waals surface area contributed by atoms with Crippen LogP contribution < -0.4 is 10.5 Å². The second-order valence-electron chi connectivity index (χ2n) is 11.1. The van der Waals surface area contributed by atoms with Crippen LogP contribution in [0.2, 0.25) is 0 Å². The molecule has 2 saturated heterocycles. The molecule has 40 heavy (non-hydrogen) atoms. The smallest absolute Gasteiger partial charge is 0.270 e. The molecule has 1 aromatic rings. The van der Waals surface area contributed by atoms with Crippen molar-refractivity contribution in [2.45, 2.75) is 97.9 Å². The molecule has 0 bridgehead atoms. The van der Waals surface area contributed by atoms with E-state index < -0.39 is 0 Å². The summed E-state index contributed by atoms with van der Waals surface area (Å²) in [6, 6.07) is 2.14. The molecule has 9 heteroatoms. The Hall–Kier alpha value is -2.15. The molecule has 0 saturated carbocycles. The first-order valence-corrected chi connectivity index (χ1v) is 16.4. The molecule has 0 N–H and O–H groups in total. The van der Waals surface area contributed by atoms with Gasteiger partial charge in [0.2, 0.25) is 0 Å². The molecule has 0 unspecified atom stereocenters. The van der Waals surface area contributed by atoms with Gasteiger partial charge in [-0.3, -0.25) is 19.1 Å². The van der Waals surface area contributed by atoms with Crippen molar-refractivity contribution in [2.75, 3.05) is 44.7 Å². The standard InChI is InChI=1S/C31H47N5O2S2/c1-5-7-8-9-10-11-12-13-14-15-17-36-30(38)27(40-31(36)39)22-25-24(3)26(23-32)29(37)35(16-6-2)28(25)34-20-18-33(4)19-21-34/h22H,5-21H2,1-4H3/b27-22-. The number of nitrogens with zero attached hydrogens (tertiary/aromatic N) is 5. The third-order valence-corrected chi connectivity index (χ3v) is 9.36. The van der Waals surface area contributed by atoms with E-state index in [0.717, 1.165) is 56.8 Å². The number of likely N-dealkylation sites (N-methyl/N-ethyl adjacent to an activating group) is 1. The van der Waals surface area contributed by atoms with E-state index in [4.69, 9.17) is 12.2 Å². The number of carbonyl (C=O) groups excluding carboxylic acids is 1. The number of pyridine rings is 1. The van der Waals surface area contributed by atoms with Crippen LogP contribution in [0.5, 0.6) is 0 Å². The van der Waals surface area contributed by atoms with Gasteiger partial charge in [0, 0.05) is 44.8 Å². The van der Waals surface area contributed by atoms with Gasteiger partial charge < -0.3 is 9.80 Å². The molecule has 0 spiro atoms. The zero-order chi connectivity index (χ0) is 29.1. The van der Waals surface area contributed by atoms with Crippen molar-refractivity contribution in [1.82, 2.24) is 14.4 Å². The van der Waals surface area contributed by atoms with E-state index in [1.807, 2.05) is 19.9 Å². The molecule has 0 radical (unpaired) electrons. The van der Waals surface area contributed by atoms with Gasteiger partial charge in [0.15, 0.2) is 0 Å². The number of hydrogen-bond donors (Lipinski definition) is 0. The Bertz CT molecular complexity index is 1160. The Labute approximate surface area is 250 Å². The molecule has 3 heterocycles. The number of thioether (sulfide) groups is 1. The molecule has 0 atom stereocenters. The highest BCUT2D eigenvalue weighted by Gasteiger charge is 2.33. The van der Waals surface area contributed by atoms with Gasteiger partial charge in [-0.05, 0) is 38.5 Å². The van der Waals surface area contributed by atoms with Gasteiger partial charge in [0.25, 0.3) is 11.5 Å². The zero-order valence-electron chi connectivity index (χ0n) is 25.0. The summed E-state index contributed by atoms with van der Waals surface area (Å²) in [6.45, 7) is 10.6. The van der Waals surface area contributed by atoms with Crippen molar-refractivity contribution in [3.8, 4) is 6.07 Å². The number of hydrogen-bond acceptors (Lipinski definition) is 7. The summed E-state index contributed by atoms with van der Waals surface area (Å²) < 4.78 is 2.33. The second kappa shape index (κ2) is 16.3. The van der Waals surface area contributed by atoms with Crippen LogP contribution in [0.15, 0.2) is 9.70 Å². The average molecular weight is 586 g/mol. The highest BCUT2D eigenvalue weighted by Crippen LogP contribution is 2.36. The molecule has 220 valence electrons. The van der Waals surface area contributed by atoms with Crippen LogP contribution in [0.3, 0.4) is 0 Å². The number of unbranched alkanes of at least 4 members (excludes halogenated alkanes) is 9. The number of thiocarbonyl (C=S) groups is 1. The number of amides is 1. The van der Waals surface area contributed by atoms with Crippen LogP contribution in [0.1, 0.15) is 101 Å². The van der Waals surface area contributed by atoms with Crippen LogP contribution in [0.25, 0.3) is 6.08 Å². The van der Waals surface area contributed by atoms with Crippen LogP contribution in [-0.4, -0.2) is 64.4 Å². The van der Waals surface area contributed by atoms with Gasteiger partial charge >= 0.3 is 0 Å². The lowest BCUT2D eigenvalue weighted by molar-refractivity contribution is -0.122. The maximum atomic E-state index is 13.5. The van der Waals surface area contributed by atoms with Crippen LogP contribution >= 0.6 is 24.0 Å². The van der Waals surface area contributed by atoms with E-state index in [2.05, 4.69) is 29.8 Å². The Morgan fingerprint density at radius 2 is 1.50 bits per heavy atom. The molecule has 0 aromatic carbocycles. The second-order valence-corrected chi connectivity index (χ2v) is 12.8. The fraction of sp³-hybridized carbons (Fsp3) is 0.677. The number of anilines is 1. The first-order valence-electron chi connectivity index (χ1n) is 15.2. The highest BCUT2D eigenvalue weighted by molar-refractivity contribution is 8.26. The van der Waals surface area contributed by atoms with Crippen LogP contribution in [-0.2, 0) is 11.3 Å². The zero-order valence-corrected chi connectivity index (χ0v) is 26.6. The third kappa shape index (κ3) is 8.20. The van der Waals surface area contributed by atoms with E-state index in [-0.39, 0.29) is 17.0 Å². The lowest BCUT2D eigenvalue weighted by atomic mass is 10.0. The summed E-state index contributed by atoms with van der Waals surface area (Å²) >= 11 is 6.96. The Balaban J connectivity index is 1.76. The van der Waals surface area contributed by atoms with Crippen molar-refractivity contribution >= 4 is 46.1 Å². The molecular weight excluding hydrogens is 539 g/mol. The summed E-state index contributed by atoms with van der Waals surface area (Å²) in [7, 11) is 2.10. The van der Waals surface area contributed by atoms with Gasteiger partial charge in [-0.15, -0.1) is 0 Å². The molecule has 1 aromatic heterocycles. The maximum Gasteiger partial charge on any atom is 0.270 e. The van der Waals surface area contributed by atoms with Crippen molar-refractivity contribution < 1.29 is 4.79 Å². The first-order chi connectivity index (χ1) is 19.3. The summed E-state index contributed by atoms with van der Waals surface area (Å²) in [6.07, 6.45) is 15.1. The number of nitriles is 1. The first kappa shape index (κ1) is 32.4. The maximum absolute atomic E-state index is 13.5. The quantitative estimate of drug-likeness (QED) is 0.136. The van der Waals surface area contributed by atoms with E-state index in [0.29, 0.717) is 27.9 Å². The number of aromatic nitrogens is 1. The lowest BCUT2D eigenvalue weighted by Crippen LogP contribution is -2.47. The minimum atomic E-state index is -0.249. The fourth-order valence-electron chi connectivity index (χ4n) is 5.52. The highest BCUT2D eigenvalue weighted by atomic mass is 32.2. The van der Waals surface area contributed by atoms with Gasteiger partial charge in [-0.25, -0.2) is 0 Å². The molecule has 2 aliphatic heterocycles. The van der Waals surface area contributed by atoms with Gasteiger partial charge in [0.1, 0.15) is 21.8 Å². The SMILES string of the molecule is CCCCCCCCCCCCN1C(=O)/C(=C/c2c(C)c(C#N)c(=O)n(CCC)c2N2CCN(C)CC2)SC1=S. The molecule has 3 rings (SSSR count). The summed E-state index contributed by atoms with van der Waals surface area (Å²) in [5.41, 5.74) is 1.32. The Kier molecular flexibility index (Phi) is 13.2. The molecule has 7 nitrogen and oxygen atoms in total. The van der Waals surface area contributed by atoms with Gasteiger partial charge in [-0.1, -0.05) is 95.6 Å². The molecule has 2 aliphatic rings. The predicted octanol–water partition coefficient (Wildman–Crippen LogP) is 6.31. The summed E-state index contributed by atoms with van der Waals surface area (Å²) in [5, 5.41) is 9.87. The molecule has 1 amide bonds. The van der Waals surface area contributed by atoms with Crippen molar-refractivity contribution in [3.05, 3.63) is 31.9 Å². The lowest BCUT2D eigenvalue weighted by Gasteiger charge is -2.36. The van der Waals surface area contributed by atoms with E-state index in [1.165, 1.54) is 63.1 Å².